The average Bonchev–Trinajstić information content (AvgIpc) is 2.44. The minimum absolute atomic E-state index is 0.119. The summed E-state index contributed by atoms with van der Waals surface area (Å²) >= 11 is 0. The number of hydrogen-bond acceptors (Lipinski definition) is 3. The number of halogens is 3. The lowest BCUT2D eigenvalue weighted by molar-refractivity contribution is -0.113. The first-order valence-electron chi connectivity index (χ1n) is 6.84. The predicted octanol–water partition coefficient (Wildman–Crippen LogP) is 3.93. The van der Waals surface area contributed by atoms with Crippen molar-refractivity contribution < 1.29 is 18.0 Å². The van der Waals surface area contributed by atoms with Crippen LogP contribution in [0.2, 0.25) is 0 Å². The molecule has 0 aliphatic carbocycles. The Morgan fingerprint density at radius 3 is 2.55 bits per heavy atom. The summed E-state index contributed by atoms with van der Waals surface area (Å²) in [5.41, 5.74) is 5.88. The predicted molar refractivity (Wildman–Crippen MR) is 81.1 cm³/mol. The van der Waals surface area contributed by atoms with Crippen LogP contribution in [0.4, 0.5) is 18.9 Å². The van der Waals surface area contributed by atoms with Crippen molar-refractivity contribution in [1.82, 2.24) is 0 Å². The third-order valence-electron chi connectivity index (χ3n) is 2.87. The monoisotopic (exact) mass is 312 g/mol. The number of nitrogens with one attached hydrogen (secondary N) is 1. The van der Waals surface area contributed by atoms with Crippen molar-refractivity contribution >= 4 is 11.5 Å². The molecule has 0 atom stereocenters. The Balaban J connectivity index is 3.14. The number of alkyl halides is 3. The van der Waals surface area contributed by atoms with Crippen LogP contribution in [0.25, 0.3) is 0 Å². The molecule has 6 heteroatoms. The summed E-state index contributed by atoms with van der Waals surface area (Å²) in [6.07, 6.45) is -2.40. The third-order valence-corrected chi connectivity index (χ3v) is 2.87. The fraction of sp³-hybridized carbons (Fsp3) is 0.312. The zero-order valence-electron chi connectivity index (χ0n) is 12.5. The van der Waals surface area contributed by atoms with Gasteiger partial charge in [-0.1, -0.05) is 25.1 Å². The van der Waals surface area contributed by atoms with E-state index in [0.717, 1.165) is 17.7 Å². The van der Waals surface area contributed by atoms with Gasteiger partial charge in [-0.3, -0.25) is 4.79 Å². The van der Waals surface area contributed by atoms with Gasteiger partial charge in [0.25, 0.3) is 0 Å². The third kappa shape index (κ3) is 5.37. The molecule has 3 nitrogen and oxygen atoms in total. The summed E-state index contributed by atoms with van der Waals surface area (Å²) in [4.78, 5) is 11.6. The van der Waals surface area contributed by atoms with E-state index in [-0.39, 0.29) is 12.1 Å². The van der Waals surface area contributed by atoms with Crippen LogP contribution in [0.1, 0.15) is 25.8 Å². The fourth-order valence-electron chi connectivity index (χ4n) is 1.79. The van der Waals surface area contributed by atoms with Gasteiger partial charge in [-0.15, -0.1) is 0 Å². The number of carbonyl (C=O) groups is 1. The van der Waals surface area contributed by atoms with Gasteiger partial charge in [0.05, 0.1) is 11.3 Å². The first kappa shape index (κ1) is 18.0. The summed E-state index contributed by atoms with van der Waals surface area (Å²) in [5.74, 6) is -0.482. The van der Waals surface area contributed by atoms with Crippen molar-refractivity contribution in [3.63, 3.8) is 0 Å². The second-order valence-electron chi connectivity index (χ2n) is 4.71. The Morgan fingerprint density at radius 1 is 1.36 bits per heavy atom. The highest BCUT2D eigenvalue weighted by Gasteiger charge is 2.32. The summed E-state index contributed by atoms with van der Waals surface area (Å²) in [6.45, 7) is 3.12. The molecule has 0 saturated heterocycles. The number of allylic oxidation sites excluding steroid dienone is 4. The maximum atomic E-state index is 12.9. The topological polar surface area (TPSA) is 55.1 Å². The van der Waals surface area contributed by atoms with E-state index in [1.807, 2.05) is 0 Å². The Hall–Kier alpha value is -2.08. The van der Waals surface area contributed by atoms with Gasteiger partial charge < -0.3 is 11.1 Å². The molecule has 0 unspecified atom stereocenters. The van der Waals surface area contributed by atoms with E-state index in [4.69, 9.17) is 5.73 Å². The zero-order valence-corrected chi connectivity index (χ0v) is 12.5. The Labute approximate surface area is 127 Å². The number of nitrogens with two attached hydrogens (primary N) is 1. The molecule has 0 aromatic heterocycles. The van der Waals surface area contributed by atoms with Crippen LogP contribution in [0, 0.1) is 0 Å². The molecule has 0 radical (unpaired) electrons. The van der Waals surface area contributed by atoms with Crippen molar-refractivity contribution in [2.75, 3.05) is 5.32 Å². The van der Waals surface area contributed by atoms with E-state index in [1.54, 1.807) is 31.2 Å². The average molecular weight is 312 g/mol. The zero-order chi connectivity index (χ0) is 16.8. The summed E-state index contributed by atoms with van der Waals surface area (Å²) in [5, 5.41) is 2.73. The molecule has 1 rings (SSSR count). The van der Waals surface area contributed by atoms with Crippen LogP contribution >= 0.6 is 0 Å². The van der Waals surface area contributed by atoms with Gasteiger partial charge >= 0.3 is 6.18 Å². The van der Waals surface area contributed by atoms with Crippen molar-refractivity contribution in [2.45, 2.75) is 33.0 Å². The van der Waals surface area contributed by atoms with E-state index >= 15 is 0 Å². The van der Waals surface area contributed by atoms with E-state index in [9.17, 15) is 18.0 Å². The molecular formula is C16H19F3N2O. The Bertz CT molecular complexity index is 589. The van der Waals surface area contributed by atoms with Crippen molar-refractivity contribution in [2.24, 2.45) is 5.73 Å². The minimum Gasteiger partial charge on any atom is -0.353 e. The Kier molecular flexibility index (Phi) is 6.37. The fourth-order valence-corrected chi connectivity index (χ4v) is 1.79. The lowest BCUT2D eigenvalue weighted by Gasteiger charge is -2.13. The first-order chi connectivity index (χ1) is 10.3. The van der Waals surface area contributed by atoms with Gasteiger partial charge in [0.15, 0.2) is 5.78 Å². The van der Waals surface area contributed by atoms with Gasteiger partial charge in [0, 0.05) is 19.2 Å². The highest BCUT2D eigenvalue weighted by molar-refractivity contribution is 5.96. The minimum atomic E-state index is -4.50. The van der Waals surface area contributed by atoms with Crippen molar-refractivity contribution in [1.29, 1.82) is 0 Å². The SMILES string of the molecule is CC/C=C(/C=C(\Nc1cccc(CN)c1)C(C)=O)C(F)(F)F. The highest BCUT2D eigenvalue weighted by Crippen LogP contribution is 2.28. The molecule has 0 spiro atoms. The van der Waals surface area contributed by atoms with Crippen LogP contribution in [0.3, 0.4) is 0 Å². The normalized spacial score (nSPS) is 13.2. The molecule has 1 aromatic rings. The molecule has 1 aromatic carbocycles. The number of Topliss-reactive ketones (excluding diaryl/α,β-unsaturated/α-hetero) is 1. The summed E-state index contributed by atoms with van der Waals surface area (Å²) in [6, 6.07) is 6.86. The second-order valence-corrected chi connectivity index (χ2v) is 4.71. The van der Waals surface area contributed by atoms with Crippen molar-refractivity contribution in [3.05, 3.63) is 53.3 Å². The number of carbonyl (C=O) groups excluding carboxylic acids is 1. The molecule has 0 amide bonds. The van der Waals surface area contributed by atoms with Gasteiger partial charge in [-0.25, -0.2) is 0 Å². The molecule has 3 N–H and O–H groups in total. The van der Waals surface area contributed by atoms with Crippen molar-refractivity contribution in [3.8, 4) is 0 Å². The van der Waals surface area contributed by atoms with Crippen LogP contribution < -0.4 is 11.1 Å². The molecule has 22 heavy (non-hydrogen) atoms. The number of benzene rings is 1. The molecule has 0 fully saturated rings. The van der Waals surface area contributed by atoms with Crippen LogP contribution in [0.5, 0.6) is 0 Å². The molecule has 120 valence electrons. The van der Waals surface area contributed by atoms with Crippen LogP contribution in [0.15, 0.2) is 47.7 Å². The maximum Gasteiger partial charge on any atom is 0.416 e. The quantitative estimate of drug-likeness (QED) is 0.618. The smallest absolute Gasteiger partial charge is 0.353 e. The number of hydrogen-bond donors (Lipinski definition) is 2. The molecule has 0 aliphatic heterocycles. The van der Waals surface area contributed by atoms with Crippen LogP contribution in [-0.4, -0.2) is 12.0 Å². The highest BCUT2D eigenvalue weighted by atomic mass is 19.4. The summed E-state index contributed by atoms with van der Waals surface area (Å²) < 4.78 is 38.8. The number of rotatable bonds is 6. The molecule has 0 heterocycles. The van der Waals surface area contributed by atoms with E-state index in [0.29, 0.717) is 12.2 Å². The largest absolute Gasteiger partial charge is 0.416 e. The lowest BCUT2D eigenvalue weighted by Crippen LogP contribution is -2.15. The first-order valence-corrected chi connectivity index (χ1v) is 6.84. The lowest BCUT2D eigenvalue weighted by atomic mass is 10.1. The van der Waals surface area contributed by atoms with Gasteiger partial charge in [0.2, 0.25) is 0 Å². The molecule has 0 aliphatic rings. The molecule has 0 saturated carbocycles. The Morgan fingerprint density at radius 2 is 2.05 bits per heavy atom. The van der Waals surface area contributed by atoms with Gasteiger partial charge in [-0.2, -0.15) is 13.2 Å². The van der Waals surface area contributed by atoms with E-state index in [1.165, 1.54) is 6.92 Å². The molecular weight excluding hydrogens is 293 g/mol. The maximum absolute atomic E-state index is 12.9. The van der Waals surface area contributed by atoms with Gasteiger partial charge in [0.1, 0.15) is 0 Å². The van der Waals surface area contributed by atoms with E-state index < -0.39 is 17.5 Å². The van der Waals surface area contributed by atoms with E-state index in [2.05, 4.69) is 5.32 Å². The number of ketones is 1. The summed E-state index contributed by atoms with van der Waals surface area (Å²) in [7, 11) is 0. The second kappa shape index (κ2) is 7.79. The standard InChI is InChI=1S/C16H19F3N2O/c1-3-5-13(16(17,18)19)9-15(11(2)22)21-14-7-4-6-12(8-14)10-20/h4-9,21H,3,10,20H2,1-2H3/b13-5-,15-9-. The number of anilines is 1. The van der Waals surface area contributed by atoms with Crippen LogP contribution in [-0.2, 0) is 11.3 Å². The van der Waals surface area contributed by atoms with Gasteiger partial charge in [-0.05, 0) is 30.2 Å². The molecule has 0 bridgehead atoms.